The summed E-state index contributed by atoms with van der Waals surface area (Å²) in [7, 11) is 0.0433. The fourth-order valence-corrected chi connectivity index (χ4v) is 4.65. The van der Waals surface area contributed by atoms with Gasteiger partial charge in [0.2, 0.25) is 10.0 Å². The van der Waals surface area contributed by atoms with E-state index in [1.807, 2.05) is 51.2 Å². The molecule has 0 fully saturated rings. The van der Waals surface area contributed by atoms with Gasteiger partial charge < -0.3 is 9.64 Å². The van der Waals surface area contributed by atoms with Gasteiger partial charge in [0.1, 0.15) is 5.75 Å². The van der Waals surface area contributed by atoms with Crippen molar-refractivity contribution in [1.82, 2.24) is 4.72 Å². The number of nitrogens with one attached hydrogen (secondary N) is 1. The number of para-hydroxylation sites is 1. The summed E-state index contributed by atoms with van der Waals surface area (Å²) in [5.41, 5.74) is 3.39. The average Bonchev–Trinajstić information content (AvgIpc) is 2.62. The van der Waals surface area contributed by atoms with Crippen molar-refractivity contribution < 1.29 is 13.2 Å². The summed E-state index contributed by atoms with van der Waals surface area (Å²) in [6.45, 7) is 6.66. The lowest BCUT2D eigenvalue weighted by atomic mass is 10.1. The van der Waals surface area contributed by atoms with E-state index in [1.54, 1.807) is 20.1 Å². The average molecular weight is 377 g/mol. The third-order valence-electron chi connectivity index (χ3n) is 4.63. The van der Waals surface area contributed by atoms with Crippen LogP contribution in [0.1, 0.15) is 23.1 Å². The Morgan fingerprint density at radius 3 is 2.35 bits per heavy atom. The molecule has 0 aromatic heterocycles. The van der Waals surface area contributed by atoms with Gasteiger partial charge in [-0.1, -0.05) is 18.2 Å². The zero-order chi connectivity index (χ0) is 19.3. The Hall–Kier alpha value is -2.05. The first kappa shape index (κ1) is 20.3. The van der Waals surface area contributed by atoms with Crippen LogP contribution in [0.15, 0.2) is 41.3 Å². The van der Waals surface area contributed by atoms with Crippen LogP contribution in [0.4, 0.5) is 5.69 Å². The maximum Gasteiger partial charge on any atom is 0.241 e. The van der Waals surface area contributed by atoms with Crippen molar-refractivity contribution in [3.63, 3.8) is 0 Å². The highest BCUT2D eigenvalue weighted by atomic mass is 32.2. The molecule has 0 aliphatic rings. The number of benzene rings is 2. The molecule has 0 aliphatic carbocycles. The van der Waals surface area contributed by atoms with E-state index >= 15 is 0 Å². The first-order chi connectivity index (χ1) is 12.3. The van der Waals surface area contributed by atoms with Crippen LogP contribution in [0.25, 0.3) is 0 Å². The van der Waals surface area contributed by atoms with Crippen LogP contribution in [-0.2, 0) is 10.0 Å². The summed E-state index contributed by atoms with van der Waals surface area (Å²) in [4.78, 5) is 2.47. The van der Waals surface area contributed by atoms with Crippen LogP contribution < -0.4 is 14.4 Å². The predicted molar refractivity (Wildman–Crippen MR) is 107 cm³/mol. The molecule has 5 nitrogen and oxygen atoms in total. The van der Waals surface area contributed by atoms with E-state index in [4.69, 9.17) is 4.74 Å². The molecule has 0 radical (unpaired) electrons. The summed E-state index contributed by atoms with van der Waals surface area (Å²) in [6, 6.07) is 11.8. The van der Waals surface area contributed by atoms with E-state index in [0.29, 0.717) is 22.8 Å². The molecule has 0 heterocycles. The molecule has 26 heavy (non-hydrogen) atoms. The number of ether oxygens (including phenoxy) is 1. The molecule has 0 spiro atoms. The van der Waals surface area contributed by atoms with Crippen LogP contribution in [0.3, 0.4) is 0 Å². The first-order valence-electron chi connectivity index (χ1n) is 8.68. The van der Waals surface area contributed by atoms with Crippen molar-refractivity contribution in [3.8, 4) is 5.75 Å². The zero-order valence-corrected chi connectivity index (χ0v) is 17.0. The maximum absolute atomic E-state index is 12.8. The molecule has 142 valence electrons. The zero-order valence-electron chi connectivity index (χ0n) is 16.2. The third-order valence-corrected chi connectivity index (χ3v) is 6.38. The number of nitrogens with zero attached hydrogens (tertiary/aromatic N) is 1. The molecule has 0 saturated carbocycles. The van der Waals surface area contributed by atoms with Gasteiger partial charge in [-0.25, -0.2) is 13.1 Å². The van der Waals surface area contributed by atoms with Crippen molar-refractivity contribution in [2.75, 3.05) is 32.1 Å². The molecule has 0 amide bonds. The Morgan fingerprint density at radius 2 is 1.73 bits per heavy atom. The Kier molecular flexibility index (Phi) is 6.67. The number of hydrogen-bond donors (Lipinski definition) is 1. The fourth-order valence-electron chi connectivity index (χ4n) is 3.05. The molecule has 0 aliphatic heterocycles. The fraction of sp³-hybridized carbons (Fsp3) is 0.400. The van der Waals surface area contributed by atoms with Crippen molar-refractivity contribution in [2.45, 2.75) is 32.1 Å². The molecule has 2 rings (SSSR count). The van der Waals surface area contributed by atoms with Gasteiger partial charge in [-0.15, -0.1) is 0 Å². The van der Waals surface area contributed by atoms with Crippen LogP contribution >= 0.6 is 0 Å². The highest BCUT2D eigenvalue weighted by Gasteiger charge is 2.22. The molecule has 0 bridgehead atoms. The lowest BCUT2D eigenvalue weighted by molar-refractivity contribution is 0.410. The second-order valence-corrected chi connectivity index (χ2v) is 8.19. The molecular formula is C20H28N2O3S. The second-order valence-electron chi connectivity index (χ2n) is 6.48. The van der Waals surface area contributed by atoms with Gasteiger partial charge in [-0.05, 0) is 62.1 Å². The Bertz CT molecular complexity index is 849. The Morgan fingerprint density at radius 1 is 1.08 bits per heavy atom. The van der Waals surface area contributed by atoms with E-state index in [2.05, 4.69) is 9.62 Å². The maximum atomic E-state index is 12.8. The lowest BCUT2D eigenvalue weighted by Gasteiger charge is -2.20. The van der Waals surface area contributed by atoms with E-state index in [0.717, 1.165) is 29.8 Å². The summed E-state index contributed by atoms with van der Waals surface area (Å²) in [5.74, 6) is 0.712. The number of methoxy groups -OCH3 is 1. The van der Waals surface area contributed by atoms with Gasteiger partial charge in [-0.2, -0.15) is 0 Å². The summed E-state index contributed by atoms with van der Waals surface area (Å²) in [5, 5.41) is 0. The first-order valence-corrected chi connectivity index (χ1v) is 10.2. The monoisotopic (exact) mass is 376 g/mol. The molecule has 1 N–H and O–H groups in total. The van der Waals surface area contributed by atoms with E-state index in [9.17, 15) is 8.42 Å². The summed E-state index contributed by atoms with van der Waals surface area (Å²) in [6.07, 6.45) is 0.720. The smallest absolute Gasteiger partial charge is 0.241 e. The highest BCUT2D eigenvalue weighted by Crippen LogP contribution is 2.30. The summed E-state index contributed by atoms with van der Waals surface area (Å²) >= 11 is 0. The van der Waals surface area contributed by atoms with E-state index < -0.39 is 10.0 Å². The molecule has 0 saturated heterocycles. The number of aryl methyl sites for hydroxylation is 1. The Labute approximate surface area is 157 Å². The van der Waals surface area contributed by atoms with E-state index in [-0.39, 0.29) is 0 Å². The standard InChI is InChI=1S/C20H28N2O3S/c1-15-14-19(25-5)16(2)17(3)20(15)26(23,24)21-12-9-13-22(4)18-10-7-6-8-11-18/h6-8,10-11,14,21H,9,12-13H2,1-5H3. The third kappa shape index (κ3) is 4.56. The minimum absolute atomic E-state index is 0.354. The largest absolute Gasteiger partial charge is 0.496 e. The normalized spacial score (nSPS) is 11.4. The molecule has 2 aromatic rings. The minimum atomic E-state index is -3.56. The van der Waals surface area contributed by atoms with Gasteiger partial charge in [0.25, 0.3) is 0 Å². The lowest BCUT2D eigenvalue weighted by Crippen LogP contribution is -2.29. The van der Waals surface area contributed by atoms with Crippen LogP contribution in [0, 0.1) is 20.8 Å². The molecule has 0 unspecified atom stereocenters. The highest BCUT2D eigenvalue weighted by molar-refractivity contribution is 7.89. The molecule has 2 aromatic carbocycles. The number of sulfonamides is 1. The number of hydrogen-bond acceptors (Lipinski definition) is 4. The van der Waals surface area contributed by atoms with E-state index in [1.165, 1.54) is 0 Å². The Balaban J connectivity index is 2.02. The topological polar surface area (TPSA) is 58.6 Å². The van der Waals surface area contributed by atoms with Crippen LogP contribution in [-0.4, -0.2) is 35.7 Å². The van der Waals surface area contributed by atoms with Gasteiger partial charge in [0.05, 0.1) is 12.0 Å². The van der Waals surface area contributed by atoms with Crippen molar-refractivity contribution in [2.24, 2.45) is 0 Å². The predicted octanol–water partition coefficient (Wildman–Crippen LogP) is 3.43. The van der Waals surface area contributed by atoms with Crippen molar-refractivity contribution in [3.05, 3.63) is 53.1 Å². The number of anilines is 1. The molecule has 6 heteroatoms. The van der Waals surface area contributed by atoms with Crippen molar-refractivity contribution >= 4 is 15.7 Å². The molecular weight excluding hydrogens is 348 g/mol. The van der Waals surface area contributed by atoms with Gasteiger partial charge >= 0.3 is 0 Å². The second kappa shape index (κ2) is 8.56. The SMILES string of the molecule is COc1cc(C)c(S(=O)(=O)NCCCN(C)c2ccccc2)c(C)c1C. The van der Waals surface area contributed by atoms with Crippen LogP contribution in [0.2, 0.25) is 0 Å². The van der Waals surface area contributed by atoms with Crippen LogP contribution in [0.5, 0.6) is 5.75 Å². The quantitative estimate of drug-likeness (QED) is 0.717. The van der Waals surface area contributed by atoms with Gasteiger partial charge in [0.15, 0.2) is 0 Å². The van der Waals surface area contributed by atoms with Gasteiger partial charge in [0, 0.05) is 25.8 Å². The summed E-state index contributed by atoms with van der Waals surface area (Å²) < 4.78 is 33.6. The number of rotatable bonds is 8. The van der Waals surface area contributed by atoms with Gasteiger partial charge in [-0.3, -0.25) is 0 Å². The minimum Gasteiger partial charge on any atom is -0.496 e. The molecule has 0 atom stereocenters. The van der Waals surface area contributed by atoms with Crippen molar-refractivity contribution in [1.29, 1.82) is 0 Å².